The number of hydrogen-bond donors (Lipinski definition) is 4. The monoisotopic (exact) mass is 410 g/mol. The maximum Gasteiger partial charge on any atom is 0.239 e. The molecule has 0 bridgehead atoms. The second-order valence-corrected chi connectivity index (χ2v) is 6.86. The number of para-hydroxylation sites is 1. The van der Waals surface area contributed by atoms with Crippen molar-refractivity contribution in [3.05, 3.63) is 47.5 Å². The van der Waals surface area contributed by atoms with Gasteiger partial charge in [-0.15, -0.1) is 0 Å². The lowest BCUT2D eigenvalue weighted by molar-refractivity contribution is -0.118. The molecule has 0 fully saturated rings. The summed E-state index contributed by atoms with van der Waals surface area (Å²) < 4.78 is 0. The fourth-order valence-electron chi connectivity index (χ4n) is 3.06. The zero-order chi connectivity index (χ0) is 20.4. The molecular weight excluding hydrogens is 392 g/mol. The molecule has 29 heavy (non-hydrogen) atoms. The molecule has 3 aromatic heterocycles. The lowest BCUT2D eigenvalue weighted by atomic mass is 10.1. The summed E-state index contributed by atoms with van der Waals surface area (Å²) in [6.45, 7) is 2.08. The van der Waals surface area contributed by atoms with Gasteiger partial charge in [0, 0.05) is 18.0 Å². The number of aromatic amines is 1. The molecule has 4 rings (SSSR count). The molecule has 148 valence electrons. The maximum absolute atomic E-state index is 11.7. The van der Waals surface area contributed by atoms with Gasteiger partial charge >= 0.3 is 0 Å². The van der Waals surface area contributed by atoms with Crippen molar-refractivity contribution in [3.63, 3.8) is 0 Å². The van der Waals surface area contributed by atoms with E-state index < -0.39 is 0 Å². The molecule has 3 heterocycles. The van der Waals surface area contributed by atoms with E-state index in [0.29, 0.717) is 27.8 Å². The fraction of sp³-hybridized carbons (Fsp3) is 0.211. The van der Waals surface area contributed by atoms with Crippen molar-refractivity contribution in [2.75, 3.05) is 24.2 Å². The molecule has 1 aromatic carbocycles. The summed E-state index contributed by atoms with van der Waals surface area (Å²) in [5.74, 6) is 1.06. The maximum atomic E-state index is 11.7. The molecule has 1 unspecified atom stereocenters. The lowest BCUT2D eigenvalue weighted by Crippen LogP contribution is -2.27. The van der Waals surface area contributed by atoms with Crippen molar-refractivity contribution >= 4 is 51.2 Å². The van der Waals surface area contributed by atoms with Gasteiger partial charge in [0.05, 0.1) is 29.5 Å². The number of pyridine rings is 1. The van der Waals surface area contributed by atoms with Crippen molar-refractivity contribution in [3.8, 4) is 0 Å². The number of imidazole rings is 1. The Balaban J connectivity index is 1.73. The van der Waals surface area contributed by atoms with E-state index in [9.17, 15) is 4.79 Å². The van der Waals surface area contributed by atoms with Crippen LogP contribution >= 0.6 is 11.6 Å². The number of carbonyl (C=O) groups is 1. The Labute approximate surface area is 171 Å². The minimum absolute atomic E-state index is 0.0947. The van der Waals surface area contributed by atoms with E-state index in [1.807, 2.05) is 25.1 Å². The van der Waals surface area contributed by atoms with Crippen LogP contribution in [0.5, 0.6) is 0 Å². The van der Waals surface area contributed by atoms with Crippen LogP contribution in [0, 0.1) is 0 Å². The Morgan fingerprint density at radius 2 is 2.10 bits per heavy atom. The molecule has 4 aromatic rings. The van der Waals surface area contributed by atoms with E-state index in [0.717, 1.165) is 16.5 Å². The van der Waals surface area contributed by atoms with Crippen LogP contribution in [0.4, 0.5) is 11.6 Å². The Morgan fingerprint density at radius 3 is 2.93 bits per heavy atom. The Hall–Kier alpha value is -3.46. The first-order valence-corrected chi connectivity index (χ1v) is 9.39. The topological polar surface area (TPSA) is 121 Å². The largest absolute Gasteiger partial charge is 0.362 e. The molecule has 0 spiro atoms. The highest BCUT2D eigenvalue weighted by Crippen LogP contribution is 2.31. The molecular formula is C19H19ClN8O. The molecule has 0 aliphatic carbocycles. The summed E-state index contributed by atoms with van der Waals surface area (Å²) in [4.78, 5) is 32.1. The highest BCUT2D eigenvalue weighted by molar-refractivity contribution is 6.35. The van der Waals surface area contributed by atoms with Gasteiger partial charge in [0.15, 0.2) is 11.5 Å². The molecule has 0 saturated heterocycles. The number of H-pyrrole nitrogens is 1. The first-order valence-electron chi connectivity index (χ1n) is 9.01. The number of carbonyl (C=O) groups excluding carboxylic acids is 1. The van der Waals surface area contributed by atoms with Crippen LogP contribution in [0.25, 0.3) is 22.1 Å². The standard InChI is InChI=1S/C19H19ClN8O/c1-10(27-19-16-18(24-8-23-16)25-9-26-19)12-6-11-4-3-5-13(20)15(11)28-17(12)22-7-14(29)21-2/h3-6,8-10H,7H2,1-2H3,(H,21,29)(H,22,28)(H2,23,24,25,26,27). The van der Waals surface area contributed by atoms with Gasteiger partial charge in [-0.1, -0.05) is 23.7 Å². The highest BCUT2D eigenvalue weighted by atomic mass is 35.5. The van der Waals surface area contributed by atoms with Gasteiger partial charge in [-0.3, -0.25) is 4.79 Å². The van der Waals surface area contributed by atoms with Crippen molar-refractivity contribution in [2.45, 2.75) is 13.0 Å². The van der Waals surface area contributed by atoms with Gasteiger partial charge in [0.1, 0.15) is 17.7 Å². The second-order valence-electron chi connectivity index (χ2n) is 6.45. The number of amides is 1. The van der Waals surface area contributed by atoms with Crippen LogP contribution < -0.4 is 16.0 Å². The zero-order valence-corrected chi connectivity index (χ0v) is 16.6. The van der Waals surface area contributed by atoms with Gasteiger partial charge in [-0.2, -0.15) is 0 Å². The minimum atomic E-state index is -0.181. The first-order chi connectivity index (χ1) is 14.1. The van der Waals surface area contributed by atoms with Crippen LogP contribution in [0.1, 0.15) is 18.5 Å². The van der Waals surface area contributed by atoms with Crippen molar-refractivity contribution in [1.82, 2.24) is 30.2 Å². The SMILES string of the molecule is CNC(=O)CNc1nc2c(Cl)cccc2cc1C(C)Nc1ncnc2nc[nH]c12. The number of halogens is 1. The number of nitrogens with one attached hydrogen (secondary N) is 4. The number of anilines is 2. The molecule has 10 heteroatoms. The van der Waals surface area contributed by atoms with Crippen LogP contribution in [0.2, 0.25) is 5.02 Å². The fourth-order valence-corrected chi connectivity index (χ4v) is 3.28. The van der Waals surface area contributed by atoms with Crippen molar-refractivity contribution in [2.24, 2.45) is 0 Å². The highest BCUT2D eigenvalue weighted by Gasteiger charge is 2.17. The van der Waals surface area contributed by atoms with E-state index in [2.05, 4.69) is 40.9 Å². The predicted octanol–water partition coefficient (Wildman–Crippen LogP) is 2.89. The van der Waals surface area contributed by atoms with Crippen LogP contribution in [-0.4, -0.2) is 44.4 Å². The average Bonchev–Trinajstić information content (AvgIpc) is 3.21. The first kappa shape index (κ1) is 18.9. The molecule has 0 saturated carbocycles. The second kappa shape index (κ2) is 7.88. The lowest BCUT2D eigenvalue weighted by Gasteiger charge is -2.20. The molecule has 9 nitrogen and oxygen atoms in total. The Kier molecular flexibility index (Phi) is 5.13. The molecule has 4 N–H and O–H groups in total. The number of likely N-dealkylation sites (N-methyl/N-ethyl adjacent to an activating group) is 1. The molecule has 1 amide bonds. The quantitative estimate of drug-likeness (QED) is 0.385. The number of rotatable bonds is 6. The third kappa shape index (κ3) is 3.77. The van der Waals surface area contributed by atoms with E-state index >= 15 is 0 Å². The number of aromatic nitrogens is 5. The van der Waals surface area contributed by atoms with Gasteiger partial charge in [-0.25, -0.2) is 19.9 Å². The number of benzene rings is 1. The normalized spacial score (nSPS) is 12.1. The summed E-state index contributed by atoms with van der Waals surface area (Å²) in [6, 6.07) is 7.44. The van der Waals surface area contributed by atoms with Crippen LogP contribution in [-0.2, 0) is 4.79 Å². The van der Waals surface area contributed by atoms with Crippen LogP contribution in [0.15, 0.2) is 36.9 Å². The summed E-state index contributed by atoms with van der Waals surface area (Å²) in [6.07, 6.45) is 3.03. The van der Waals surface area contributed by atoms with Gasteiger partial charge in [0.2, 0.25) is 5.91 Å². The summed E-state index contributed by atoms with van der Waals surface area (Å²) in [5, 5.41) is 10.5. The van der Waals surface area contributed by atoms with Gasteiger partial charge in [-0.05, 0) is 19.1 Å². The third-order valence-electron chi connectivity index (χ3n) is 4.56. The number of hydrogen-bond acceptors (Lipinski definition) is 7. The molecule has 0 radical (unpaired) electrons. The summed E-state index contributed by atoms with van der Waals surface area (Å²) >= 11 is 6.32. The summed E-state index contributed by atoms with van der Waals surface area (Å²) in [5.41, 5.74) is 2.84. The van der Waals surface area contributed by atoms with E-state index in [-0.39, 0.29) is 18.5 Å². The van der Waals surface area contributed by atoms with E-state index in [1.54, 1.807) is 19.4 Å². The zero-order valence-electron chi connectivity index (χ0n) is 15.8. The summed E-state index contributed by atoms with van der Waals surface area (Å²) in [7, 11) is 1.59. The van der Waals surface area contributed by atoms with Crippen molar-refractivity contribution in [1.29, 1.82) is 0 Å². The smallest absolute Gasteiger partial charge is 0.239 e. The Bertz CT molecular complexity index is 1190. The van der Waals surface area contributed by atoms with E-state index in [4.69, 9.17) is 11.6 Å². The van der Waals surface area contributed by atoms with Crippen molar-refractivity contribution < 1.29 is 4.79 Å². The van der Waals surface area contributed by atoms with E-state index in [1.165, 1.54) is 6.33 Å². The Morgan fingerprint density at radius 1 is 1.24 bits per heavy atom. The third-order valence-corrected chi connectivity index (χ3v) is 4.87. The molecule has 0 aliphatic heterocycles. The van der Waals surface area contributed by atoms with Gasteiger partial charge in [0.25, 0.3) is 0 Å². The number of fused-ring (bicyclic) bond motifs is 2. The van der Waals surface area contributed by atoms with Gasteiger partial charge < -0.3 is 20.9 Å². The number of nitrogens with zero attached hydrogens (tertiary/aromatic N) is 4. The molecule has 0 aliphatic rings. The predicted molar refractivity (Wildman–Crippen MR) is 113 cm³/mol. The average molecular weight is 411 g/mol. The molecule has 1 atom stereocenters. The van der Waals surface area contributed by atoms with Crippen LogP contribution in [0.3, 0.4) is 0 Å². The minimum Gasteiger partial charge on any atom is -0.362 e.